The Morgan fingerprint density at radius 2 is 1.45 bits per heavy atom. The van der Waals surface area contributed by atoms with Gasteiger partial charge in [0.2, 0.25) is 0 Å². The van der Waals surface area contributed by atoms with Crippen molar-refractivity contribution in [2.75, 3.05) is 16.9 Å². The summed E-state index contributed by atoms with van der Waals surface area (Å²) in [7, 11) is -3.50. The van der Waals surface area contributed by atoms with Crippen LogP contribution < -0.4 is 10.6 Å². The number of sulfone groups is 1. The molecule has 2 amide bonds. The van der Waals surface area contributed by atoms with Crippen molar-refractivity contribution in [2.24, 2.45) is 0 Å². The van der Waals surface area contributed by atoms with E-state index in [9.17, 15) is 31.2 Å². The van der Waals surface area contributed by atoms with E-state index >= 15 is 0 Å². The summed E-state index contributed by atoms with van der Waals surface area (Å²) < 4.78 is 61.9. The highest BCUT2D eigenvalue weighted by atomic mass is 35.5. The third-order valence-electron chi connectivity index (χ3n) is 4.45. The SMILES string of the molecule is CS(=O)(=O)c1cccc(C(=O)Nc2ccc(NC(=O)c3cccc(C(F)(F)F)c3)cc2Cl)c1. The van der Waals surface area contributed by atoms with E-state index in [0.29, 0.717) is 0 Å². The second-order valence-corrected chi connectivity index (χ2v) is 9.40. The molecule has 0 fully saturated rings. The maximum atomic E-state index is 12.8. The molecule has 0 atom stereocenters. The molecule has 0 aliphatic heterocycles. The van der Waals surface area contributed by atoms with Crippen LogP contribution in [0, 0.1) is 0 Å². The molecule has 0 saturated heterocycles. The van der Waals surface area contributed by atoms with Crippen LogP contribution in [-0.4, -0.2) is 26.5 Å². The minimum Gasteiger partial charge on any atom is -0.322 e. The van der Waals surface area contributed by atoms with E-state index in [2.05, 4.69) is 10.6 Å². The monoisotopic (exact) mass is 496 g/mol. The quantitative estimate of drug-likeness (QED) is 0.503. The summed E-state index contributed by atoms with van der Waals surface area (Å²) in [6.45, 7) is 0. The van der Waals surface area contributed by atoms with Gasteiger partial charge in [-0.2, -0.15) is 13.2 Å². The van der Waals surface area contributed by atoms with Crippen molar-refractivity contribution in [3.8, 4) is 0 Å². The third kappa shape index (κ3) is 6.11. The molecule has 0 spiro atoms. The molecule has 0 heterocycles. The third-order valence-corrected chi connectivity index (χ3v) is 5.87. The number of alkyl halides is 3. The molecule has 172 valence electrons. The lowest BCUT2D eigenvalue weighted by atomic mass is 10.1. The first-order valence-corrected chi connectivity index (χ1v) is 11.5. The van der Waals surface area contributed by atoms with Crippen molar-refractivity contribution < 1.29 is 31.2 Å². The standard InChI is InChI=1S/C22H16ClF3N2O4S/c1-33(31,32)17-7-3-5-14(11-17)21(30)28-19-9-8-16(12-18(19)23)27-20(29)13-4-2-6-15(10-13)22(24,25)26/h2-12H,1H3,(H,27,29)(H,28,30). The highest BCUT2D eigenvalue weighted by Gasteiger charge is 2.30. The fraction of sp³-hybridized carbons (Fsp3) is 0.0909. The van der Waals surface area contributed by atoms with Crippen LogP contribution in [0.4, 0.5) is 24.5 Å². The number of anilines is 2. The van der Waals surface area contributed by atoms with E-state index in [1.807, 2.05) is 0 Å². The van der Waals surface area contributed by atoms with Crippen molar-refractivity contribution in [3.05, 3.63) is 88.4 Å². The lowest BCUT2D eigenvalue weighted by molar-refractivity contribution is -0.137. The Hall–Kier alpha value is -3.37. The van der Waals surface area contributed by atoms with Crippen LogP contribution in [0.1, 0.15) is 26.3 Å². The zero-order valence-electron chi connectivity index (χ0n) is 16.9. The summed E-state index contributed by atoms with van der Waals surface area (Å²) in [6.07, 6.45) is -3.56. The second-order valence-electron chi connectivity index (χ2n) is 6.98. The molecule has 0 bridgehead atoms. The Morgan fingerprint density at radius 1 is 0.848 bits per heavy atom. The van der Waals surface area contributed by atoms with Gasteiger partial charge in [0.05, 0.1) is 21.2 Å². The normalized spacial score (nSPS) is 11.7. The number of rotatable bonds is 5. The van der Waals surface area contributed by atoms with E-state index in [-0.39, 0.29) is 32.4 Å². The summed E-state index contributed by atoms with van der Waals surface area (Å²) in [6, 6.07) is 13.5. The molecule has 0 saturated carbocycles. The maximum absolute atomic E-state index is 12.8. The van der Waals surface area contributed by atoms with Gasteiger partial charge >= 0.3 is 6.18 Å². The number of carbonyl (C=O) groups excluding carboxylic acids is 2. The molecule has 0 unspecified atom stereocenters. The number of hydrogen-bond acceptors (Lipinski definition) is 4. The molecule has 2 N–H and O–H groups in total. The topological polar surface area (TPSA) is 92.3 Å². The number of halogens is 4. The highest BCUT2D eigenvalue weighted by molar-refractivity contribution is 7.90. The Bertz CT molecular complexity index is 1340. The molecule has 11 heteroatoms. The minimum atomic E-state index is -4.58. The van der Waals surface area contributed by atoms with E-state index in [1.54, 1.807) is 0 Å². The number of amides is 2. The van der Waals surface area contributed by atoms with Gasteiger partial charge in [-0.25, -0.2) is 8.42 Å². The molecular weight excluding hydrogens is 481 g/mol. The van der Waals surface area contributed by atoms with Crippen molar-refractivity contribution in [1.82, 2.24) is 0 Å². The van der Waals surface area contributed by atoms with Crippen molar-refractivity contribution >= 4 is 44.6 Å². The predicted octanol–water partition coefficient (Wildman–Crippen LogP) is 5.27. The first-order valence-electron chi connectivity index (χ1n) is 9.24. The van der Waals surface area contributed by atoms with Gasteiger partial charge in [0.15, 0.2) is 9.84 Å². The van der Waals surface area contributed by atoms with Gasteiger partial charge in [-0.05, 0) is 54.6 Å². The van der Waals surface area contributed by atoms with E-state index < -0.39 is 33.4 Å². The van der Waals surface area contributed by atoms with Crippen molar-refractivity contribution in [2.45, 2.75) is 11.1 Å². The molecule has 3 rings (SSSR count). The van der Waals surface area contributed by atoms with Gasteiger partial charge in [-0.15, -0.1) is 0 Å². The van der Waals surface area contributed by atoms with Crippen LogP contribution >= 0.6 is 11.6 Å². The van der Waals surface area contributed by atoms with Crippen LogP contribution in [0.2, 0.25) is 5.02 Å². The Labute approximate surface area is 192 Å². The van der Waals surface area contributed by atoms with Crippen LogP contribution in [-0.2, 0) is 16.0 Å². The van der Waals surface area contributed by atoms with Crippen LogP contribution in [0.5, 0.6) is 0 Å². The lowest BCUT2D eigenvalue weighted by Crippen LogP contribution is -2.15. The molecular formula is C22H16ClF3N2O4S. The minimum absolute atomic E-state index is 0.0195. The number of hydrogen-bond donors (Lipinski definition) is 2. The molecule has 3 aromatic rings. The largest absolute Gasteiger partial charge is 0.416 e. The smallest absolute Gasteiger partial charge is 0.322 e. The maximum Gasteiger partial charge on any atom is 0.416 e. The van der Waals surface area contributed by atoms with E-state index in [0.717, 1.165) is 24.5 Å². The van der Waals surface area contributed by atoms with E-state index in [1.165, 1.54) is 48.5 Å². The fourth-order valence-corrected chi connectivity index (χ4v) is 3.69. The zero-order chi connectivity index (χ0) is 24.4. The predicted molar refractivity (Wildman–Crippen MR) is 118 cm³/mol. The van der Waals surface area contributed by atoms with Gasteiger partial charge in [0.1, 0.15) is 0 Å². The Morgan fingerprint density at radius 3 is 2.06 bits per heavy atom. The summed E-state index contributed by atoms with van der Waals surface area (Å²) in [5.41, 5.74) is -0.672. The summed E-state index contributed by atoms with van der Waals surface area (Å²) in [5.74, 6) is -1.38. The van der Waals surface area contributed by atoms with Crippen LogP contribution in [0.25, 0.3) is 0 Å². The fourth-order valence-electron chi connectivity index (χ4n) is 2.80. The second kappa shape index (κ2) is 9.24. The van der Waals surface area contributed by atoms with Gasteiger partial charge in [0, 0.05) is 23.1 Å². The molecule has 6 nitrogen and oxygen atoms in total. The average Bonchev–Trinajstić information content (AvgIpc) is 2.74. The van der Waals surface area contributed by atoms with E-state index in [4.69, 9.17) is 11.6 Å². The zero-order valence-corrected chi connectivity index (χ0v) is 18.5. The molecule has 33 heavy (non-hydrogen) atoms. The Balaban J connectivity index is 1.74. The van der Waals surface area contributed by atoms with Crippen molar-refractivity contribution in [1.29, 1.82) is 0 Å². The van der Waals surface area contributed by atoms with Crippen LogP contribution in [0.3, 0.4) is 0 Å². The van der Waals surface area contributed by atoms with Gasteiger partial charge in [-0.1, -0.05) is 23.7 Å². The molecule has 0 aliphatic rings. The first-order chi connectivity index (χ1) is 15.3. The average molecular weight is 497 g/mol. The summed E-state index contributed by atoms with van der Waals surface area (Å²) >= 11 is 6.17. The lowest BCUT2D eigenvalue weighted by Gasteiger charge is -2.12. The number of nitrogens with one attached hydrogen (secondary N) is 2. The number of carbonyl (C=O) groups is 2. The van der Waals surface area contributed by atoms with Gasteiger partial charge in [0.25, 0.3) is 11.8 Å². The first kappa shape index (κ1) is 24.3. The van der Waals surface area contributed by atoms with Crippen LogP contribution in [0.15, 0.2) is 71.6 Å². The molecule has 0 aliphatic carbocycles. The molecule has 0 radical (unpaired) electrons. The highest BCUT2D eigenvalue weighted by Crippen LogP contribution is 2.30. The molecule has 0 aromatic heterocycles. The Kier molecular flexibility index (Phi) is 6.80. The van der Waals surface area contributed by atoms with Crippen molar-refractivity contribution in [3.63, 3.8) is 0 Å². The van der Waals surface area contributed by atoms with Gasteiger partial charge in [-0.3, -0.25) is 9.59 Å². The number of benzene rings is 3. The van der Waals surface area contributed by atoms with Gasteiger partial charge < -0.3 is 10.6 Å². The summed E-state index contributed by atoms with van der Waals surface area (Å²) in [4.78, 5) is 24.8. The summed E-state index contributed by atoms with van der Waals surface area (Å²) in [5, 5.41) is 5.03. The molecule has 3 aromatic carbocycles.